The van der Waals surface area contributed by atoms with Gasteiger partial charge in [-0.25, -0.2) is 0 Å². The fourth-order valence-corrected chi connectivity index (χ4v) is 2.93. The molecule has 0 bridgehead atoms. The molecule has 0 aliphatic carbocycles. The second-order valence-corrected chi connectivity index (χ2v) is 6.81. The number of nitrogens with one attached hydrogen (secondary N) is 2. The lowest BCUT2D eigenvalue weighted by molar-refractivity contribution is -0.115. The molecular weight excluding hydrogens is 338 g/mol. The topological polar surface area (TPSA) is 61.4 Å². The van der Waals surface area contributed by atoms with Gasteiger partial charge in [-0.1, -0.05) is 13.0 Å². The molecule has 0 saturated heterocycles. The Bertz CT molecular complexity index is 798. The predicted octanol–water partition coefficient (Wildman–Crippen LogP) is 4.83. The summed E-state index contributed by atoms with van der Waals surface area (Å²) in [4.78, 5) is 26.5. The van der Waals surface area contributed by atoms with Gasteiger partial charge < -0.3 is 15.5 Å². The highest BCUT2D eigenvalue weighted by Crippen LogP contribution is 2.22. The number of carbonyl (C=O) groups excluding carboxylic acids is 2. The summed E-state index contributed by atoms with van der Waals surface area (Å²) >= 11 is 0. The van der Waals surface area contributed by atoms with Gasteiger partial charge in [0, 0.05) is 41.6 Å². The fraction of sp³-hybridized carbons (Fsp3) is 0.364. The van der Waals surface area contributed by atoms with E-state index in [1.807, 2.05) is 43.3 Å². The molecule has 0 radical (unpaired) electrons. The summed E-state index contributed by atoms with van der Waals surface area (Å²) in [5.41, 5.74) is 4.00. The molecule has 0 unspecified atom stereocenters. The third-order valence-corrected chi connectivity index (χ3v) is 4.52. The zero-order valence-electron chi connectivity index (χ0n) is 16.8. The van der Waals surface area contributed by atoms with Crippen molar-refractivity contribution in [1.82, 2.24) is 0 Å². The molecule has 5 nitrogen and oxygen atoms in total. The molecule has 0 aliphatic rings. The Morgan fingerprint density at radius 3 is 2.22 bits per heavy atom. The third kappa shape index (κ3) is 5.33. The lowest BCUT2D eigenvalue weighted by Gasteiger charge is -2.27. The molecule has 0 atom stereocenters. The molecule has 0 fully saturated rings. The van der Waals surface area contributed by atoms with E-state index in [-0.39, 0.29) is 11.8 Å². The average Bonchev–Trinajstić information content (AvgIpc) is 2.65. The molecule has 2 N–H and O–H groups in total. The molecule has 2 amide bonds. The lowest BCUT2D eigenvalue weighted by Crippen LogP contribution is -2.30. The standard InChI is InChI=1S/C22H29N3O2/c1-6-21(26)23-18-11-8-16(5)20(14-18)24-22(27)17-9-12-19(13-10-17)25(7-2)15(3)4/h8-15H,6-7H2,1-5H3,(H,23,26)(H,24,27). The maximum Gasteiger partial charge on any atom is 0.255 e. The van der Waals surface area contributed by atoms with Crippen LogP contribution in [0.25, 0.3) is 0 Å². The molecule has 5 heteroatoms. The number of aryl methyl sites for hydroxylation is 1. The van der Waals surface area contributed by atoms with Crippen molar-refractivity contribution in [1.29, 1.82) is 0 Å². The molecule has 0 aromatic heterocycles. The number of rotatable bonds is 7. The van der Waals surface area contributed by atoms with E-state index >= 15 is 0 Å². The van der Waals surface area contributed by atoms with Gasteiger partial charge in [0.1, 0.15) is 0 Å². The first kappa shape index (κ1) is 20.5. The predicted molar refractivity (Wildman–Crippen MR) is 113 cm³/mol. The van der Waals surface area contributed by atoms with Crippen molar-refractivity contribution in [2.45, 2.75) is 47.1 Å². The molecule has 0 saturated carbocycles. The van der Waals surface area contributed by atoms with Crippen molar-refractivity contribution in [3.05, 3.63) is 53.6 Å². The third-order valence-electron chi connectivity index (χ3n) is 4.52. The number of nitrogens with zero attached hydrogens (tertiary/aromatic N) is 1. The van der Waals surface area contributed by atoms with Crippen molar-refractivity contribution in [3.8, 4) is 0 Å². The van der Waals surface area contributed by atoms with Crippen LogP contribution in [0.2, 0.25) is 0 Å². The van der Waals surface area contributed by atoms with Crippen LogP contribution in [0.5, 0.6) is 0 Å². The zero-order chi connectivity index (χ0) is 20.0. The van der Waals surface area contributed by atoms with E-state index in [1.54, 1.807) is 13.0 Å². The van der Waals surface area contributed by atoms with Crippen LogP contribution in [0.15, 0.2) is 42.5 Å². The first-order chi connectivity index (χ1) is 12.8. The molecule has 2 aromatic carbocycles. The van der Waals surface area contributed by atoms with Crippen LogP contribution in [-0.4, -0.2) is 24.4 Å². The number of benzene rings is 2. The minimum Gasteiger partial charge on any atom is -0.369 e. The smallest absolute Gasteiger partial charge is 0.255 e. The van der Waals surface area contributed by atoms with Crippen molar-refractivity contribution in [2.75, 3.05) is 22.1 Å². The number of hydrogen-bond donors (Lipinski definition) is 2. The number of amides is 2. The Labute approximate surface area is 161 Å². The summed E-state index contributed by atoms with van der Waals surface area (Å²) in [6, 6.07) is 13.5. The van der Waals surface area contributed by atoms with Gasteiger partial charge in [-0.3, -0.25) is 9.59 Å². The minimum absolute atomic E-state index is 0.0580. The maximum absolute atomic E-state index is 12.6. The van der Waals surface area contributed by atoms with Crippen LogP contribution in [0, 0.1) is 6.92 Å². The van der Waals surface area contributed by atoms with Crippen molar-refractivity contribution in [2.24, 2.45) is 0 Å². The molecule has 2 rings (SSSR count). The van der Waals surface area contributed by atoms with Crippen molar-refractivity contribution < 1.29 is 9.59 Å². The normalized spacial score (nSPS) is 10.6. The molecule has 0 aliphatic heterocycles. The van der Waals surface area contributed by atoms with E-state index < -0.39 is 0 Å². The van der Waals surface area contributed by atoms with Crippen LogP contribution >= 0.6 is 0 Å². The lowest BCUT2D eigenvalue weighted by atomic mass is 10.1. The second kappa shape index (κ2) is 9.21. The highest BCUT2D eigenvalue weighted by Gasteiger charge is 2.12. The van der Waals surface area contributed by atoms with Crippen LogP contribution in [0.1, 0.15) is 50.0 Å². The van der Waals surface area contributed by atoms with Gasteiger partial charge in [-0.2, -0.15) is 0 Å². The zero-order valence-corrected chi connectivity index (χ0v) is 16.8. The number of carbonyl (C=O) groups is 2. The molecule has 144 valence electrons. The van der Waals surface area contributed by atoms with Gasteiger partial charge in [0.15, 0.2) is 0 Å². The van der Waals surface area contributed by atoms with Gasteiger partial charge in [0.05, 0.1) is 0 Å². The molecule has 0 heterocycles. The highest BCUT2D eigenvalue weighted by atomic mass is 16.2. The first-order valence-corrected chi connectivity index (χ1v) is 9.44. The van der Waals surface area contributed by atoms with Crippen LogP contribution in [0.4, 0.5) is 17.1 Å². The monoisotopic (exact) mass is 367 g/mol. The minimum atomic E-state index is -0.170. The summed E-state index contributed by atoms with van der Waals surface area (Å²) in [6.45, 7) is 11.1. The Kier molecular flexibility index (Phi) is 6.99. The summed E-state index contributed by atoms with van der Waals surface area (Å²) in [7, 11) is 0. The number of anilines is 3. The van der Waals surface area contributed by atoms with Crippen LogP contribution in [0.3, 0.4) is 0 Å². The van der Waals surface area contributed by atoms with Gasteiger partial charge in [-0.15, -0.1) is 0 Å². The Balaban J connectivity index is 2.15. The van der Waals surface area contributed by atoms with E-state index in [4.69, 9.17) is 0 Å². The van der Waals surface area contributed by atoms with Gasteiger partial charge >= 0.3 is 0 Å². The first-order valence-electron chi connectivity index (χ1n) is 9.44. The Morgan fingerprint density at radius 2 is 1.67 bits per heavy atom. The second-order valence-electron chi connectivity index (χ2n) is 6.81. The largest absolute Gasteiger partial charge is 0.369 e. The van der Waals surface area contributed by atoms with Crippen LogP contribution < -0.4 is 15.5 Å². The molecule has 27 heavy (non-hydrogen) atoms. The fourth-order valence-electron chi connectivity index (χ4n) is 2.93. The summed E-state index contributed by atoms with van der Waals surface area (Å²) in [6.07, 6.45) is 0.410. The number of hydrogen-bond acceptors (Lipinski definition) is 3. The summed E-state index contributed by atoms with van der Waals surface area (Å²) < 4.78 is 0. The van der Waals surface area contributed by atoms with Gasteiger partial charge in [-0.05, 0) is 69.7 Å². The summed E-state index contributed by atoms with van der Waals surface area (Å²) in [5.74, 6) is -0.228. The van der Waals surface area contributed by atoms with Gasteiger partial charge in [0.2, 0.25) is 5.91 Å². The van der Waals surface area contributed by atoms with E-state index in [1.165, 1.54) is 0 Å². The summed E-state index contributed by atoms with van der Waals surface area (Å²) in [5, 5.41) is 5.75. The highest BCUT2D eigenvalue weighted by molar-refractivity contribution is 6.05. The van der Waals surface area contributed by atoms with E-state index in [9.17, 15) is 9.59 Å². The van der Waals surface area contributed by atoms with E-state index in [0.717, 1.165) is 17.8 Å². The average molecular weight is 367 g/mol. The maximum atomic E-state index is 12.6. The quantitative estimate of drug-likeness (QED) is 0.737. The van der Waals surface area contributed by atoms with E-state index in [2.05, 4.69) is 36.3 Å². The SMILES string of the molecule is CCC(=O)Nc1ccc(C)c(NC(=O)c2ccc(N(CC)C(C)C)cc2)c1. The molecule has 0 spiro atoms. The molecule has 2 aromatic rings. The Hall–Kier alpha value is -2.82. The van der Waals surface area contributed by atoms with Crippen LogP contribution in [-0.2, 0) is 4.79 Å². The van der Waals surface area contributed by atoms with Crippen molar-refractivity contribution >= 4 is 28.9 Å². The Morgan fingerprint density at radius 1 is 1.00 bits per heavy atom. The van der Waals surface area contributed by atoms with E-state index in [0.29, 0.717) is 29.4 Å². The van der Waals surface area contributed by atoms with Crippen molar-refractivity contribution in [3.63, 3.8) is 0 Å². The van der Waals surface area contributed by atoms with Gasteiger partial charge in [0.25, 0.3) is 5.91 Å². The molecular formula is C22H29N3O2.